The lowest BCUT2D eigenvalue weighted by Gasteiger charge is -2.17. The Hall–Kier alpha value is -2.03. The first kappa shape index (κ1) is 20.3. The maximum atomic E-state index is 12.0. The molecule has 2 aromatic rings. The minimum absolute atomic E-state index is 0.0738. The monoisotopic (exact) mass is 461 g/mol. The predicted octanol–water partition coefficient (Wildman–Crippen LogP) is 3.18. The standard InChI is InChI=1S/C16H14BrCl2N3O4/c1-22(8-14(23)21-9-2-3-10(18)11(19)6-9)15(24)7-20-16(25)12-4-5-13(17)26-12/h2-6H,7-8H2,1H3,(H,20,25)(H,21,23). The Morgan fingerprint density at radius 2 is 1.88 bits per heavy atom. The van der Waals surface area contributed by atoms with Crippen LogP contribution in [0.3, 0.4) is 0 Å². The number of nitrogens with zero attached hydrogens (tertiary/aromatic N) is 1. The summed E-state index contributed by atoms with van der Waals surface area (Å²) in [5, 5.41) is 5.71. The molecule has 0 aliphatic rings. The van der Waals surface area contributed by atoms with Crippen molar-refractivity contribution in [3.8, 4) is 0 Å². The van der Waals surface area contributed by atoms with Crippen molar-refractivity contribution in [1.29, 1.82) is 0 Å². The molecule has 2 N–H and O–H groups in total. The number of halogens is 3. The molecule has 0 spiro atoms. The topological polar surface area (TPSA) is 91.7 Å². The number of carbonyl (C=O) groups excluding carboxylic acids is 3. The van der Waals surface area contributed by atoms with Crippen LogP contribution < -0.4 is 10.6 Å². The number of anilines is 1. The number of furan rings is 1. The lowest BCUT2D eigenvalue weighted by atomic mass is 10.3. The summed E-state index contributed by atoms with van der Waals surface area (Å²) < 4.78 is 5.49. The van der Waals surface area contributed by atoms with Gasteiger partial charge < -0.3 is 20.0 Å². The molecule has 1 aromatic carbocycles. The molecule has 0 saturated carbocycles. The highest BCUT2D eigenvalue weighted by Gasteiger charge is 2.16. The smallest absolute Gasteiger partial charge is 0.287 e. The van der Waals surface area contributed by atoms with Gasteiger partial charge in [0.05, 0.1) is 23.1 Å². The lowest BCUT2D eigenvalue weighted by molar-refractivity contribution is -0.132. The molecular weight excluding hydrogens is 449 g/mol. The summed E-state index contributed by atoms with van der Waals surface area (Å²) in [6.07, 6.45) is 0. The molecule has 0 aliphatic carbocycles. The van der Waals surface area contributed by atoms with Gasteiger partial charge in [-0.15, -0.1) is 0 Å². The highest BCUT2D eigenvalue weighted by atomic mass is 79.9. The van der Waals surface area contributed by atoms with Crippen LogP contribution in [0.4, 0.5) is 5.69 Å². The lowest BCUT2D eigenvalue weighted by Crippen LogP contribution is -2.41. The van der Waals surface area contributed by atoms with Crippen molar-refractivity contribution in [2.45, 2.75) is 0 Å². The van der Waals surface area contributed by atoms with E-state index in [0.717, 1.165) is 0 Å². The Morgan fingerprint density at radius 1 is 1.15 bits per heavy atom. The first-order valence-electron chi connectivity index (χ1n) is 7.28. The number of hydrogen-bond acceptors (Lipinski definition) is 4. The first-order chi connectivity index (χ1) is 12.3. The predicted molar refractivity (Wildman–Crippen MR) is 101 cm³/mol. The van der Waals surface area contributed by atoms with Gasteiger partial charge in [0.1, 0.15) is 0 Å². The number of amides is 3. The van der Waals surface area contributed by atoms with Crippen molar-refractivity contribution in [3.05, 3.63) is 50.8 Å². The van der Waals surface area contributed by atoms with Crippen LogP contribution in [0.2, 0.25) is 10.0 Å². The fraction of sp³-hybridized carbons (Fsp3) is 0.188. The third kappa shape index (κ3) is 5.76. The summed E-state index contributed by atoms with van der Waals surface area (Å²) in [5.41, 5.74) is 0.460. The van der Waals surface area contributed by atoms with Gasteiger partial charge in [-0.1, -0.05) is 23.2 Å². The largest absolute Gasteiger partial charge is 0.444 e. The zero-order chi connectivity index (χ0) is 19.3. The summed E-state index contributed by atoms with van der Waals surface area (Å²) in [7, 11) is 1.45. The van der Waals surface area contributed by atoms with Gasteiger partial charge in [0, 0.05) is 12.7 Å². The molecule has 0 bridgehead atoms. The summed E-state index contributed by atoms with van der Waals surface area (Å²) in [4.78, 5) is 37.0. The molecule has 1 heterocycles. The van der Waals surface area contributed by atoms with Gasteiger partial charge in [-0.25, -0.2) is 0 Å². The number of likely N-dealkylation sites (N-methyl/N-ethyl adjacent to an activating group) is 1. The van der Waals surface area contributed by atoms with E-state index < -0.39 is 17.7 Å². The molecule has 0 radical (unpaired) electrons. The van der Waals surface area contributed by atoms with E-state index in [9.17, 15) is 14.4 Å². The Bertz CT molecular complexity index is 841. The van der Waals surface area contributed by atoms with Gasteiger partial charge in [0.2, 0.25) is 11.8 Å². The number of benzene rings is 1. The average molecular weight is 463 g/mol. The molecule has 2 rings (SSSR count). The second kappa shape index (κ2) is 9.07. The van der Waals surface area contributed by atoms with Crippen LogP contribution in [0.15, 0.2) is 39.4 Å². The number of nitrogens with one attached hydrogen (secondary N) is 2. The zero-order valence-corrected chi connectivity index (χ0v) is 16.6. The van der Waals surface area contributed by atoms with E-state index in [-0.39, 0.29) is 18.8 Å². The summed E-state index contributed by atoms with van der Waals surface area (Å²) in [5.74, 6) is -1.31. The van der Waals surface area contributed by atoms with Gasteiger partial charge in [-0.2, -0.15) is 0 Å². The Kier molecular flexibility index (Phi) is 7.07. The molecule has 1 aromatic heterocycles. The van der Waals surface area contributed by atoms with Gasteiger partial charge in [-0.3, -0.25) is 14.4 Å². The van der Waals surface area contributed by atoms with E-state index in [4.69, 9.17) is 27.6 Å². The Balaban J connectivity index is 1.81. The maximum Gasteiger partial charge on any atom is 0.287 e. The third-order valence-corrected chi connectivity index (χ3v) is 4.37. The maximum absolute atomic E-state index is 12.0. The fourth-order valence-corrected chi connectivity index (χ4v) is 2.50. The van der Waals surface area contributed by atoms with Crippen LogP contribution in [0.25, 0.3) is 0 Å². The fourth-order valence-electron chi connectivity index (χ4n) is 1.89. The van der Waals surface area contributed by atoms with E-state index in [1.165, 1.54) is 24.1 Å². The summed E-state index contributed by atoms with van der Waals surface area (Å²) in [6.45, 7) is -0.463. The zero-order valence-electron chi connectivity index (χ0n) is 13.5. The second-order valence-electron chi connectivity index (χ2n) is 5.21. The first-order valence-corrected chi connectivity index (χ1v) is 8.83. The van der Waals surface area contributed by atoms with Gasteiger partial charge in [0.15, 0.2) is 10.4 Å². The van der Waals surface area contributed by atoms with Crippen molar-refractivity contribution in [1.82, 2.24) is 10.2 Å². The van der Waals surface area contributed by atoms with E-state index in [2.05, 4.69) is 26.6 Å². The summed E-state index contributed by atoms with van der Waals surface area (Å²) in [6, 6.07) is 7.69. The molecule has 0 atom stereocenters. The van der Waals surface area contributed by atoms with Crippen LogP contribution in [-0.4, -0.2) is 42.8 Å². The highest BCUT2D eigenvalue weighted by molar-refractivity contribution is 9.10. The molecule has 0 fully saturated rings. The van der Waals surface area contributed by atoms with Crippen molar-refractivity contribution in [2.24, 2.45) is 0 Å². The minimum atomic E-state index is -0.530. The van der Waals surface area contributed by atoms with Crippen LogP contribution in [0.5, 0.6) is 0 Å². The third-order valence-electron chi connectivity index (χ3n) is 3.21. The minimum Gasteiger partial charge on any atom is -0.444 e. The second-order valence-corrected chi connectivity index (χ2v) is 6.81. The van der Waals surface area contributed by atoms with Crippen LogP contribution in [0.1, 0.15) is 10.6 Å². The van der Waals surface area contributed by atoms with Crippen LogP contribution in [-0.2, 0) is 9.59 Å². The van der Waals surface area contributed by atoms with Crippen molar-refractivity contribution < 1.29 is 18.8 Å². The number of hydrogen-bond donors (Lipinski definition) is 2. The summed E-state index contributed by atoms with van der Waals surface area (Å²) >= 11 is 14.8. The molecule has 26 heavy (non-hydrogen) atoms. The Labute approximate surface area is 167 Å². The number of carbonyl (C=O) groups is 3. The molecule has 7 nitrogen and oxygen atoms in total. The molecule has 3 amide bonds. The average Bonchev–Trinajstić information content (AvgIpc) is 3.02. The van der Waals surface area contributed by atoms with Gasteiger partial charge >= 0.3 is 0 Å². The Morgan fingerprint density at radius 3 is 2.50 bits per heavy atom. The molecule has 0 aliphatic heterocycles. The highest BCUT2D eigenvalue weighted by Crippen LogP contribution is 2.24. The number of rotatable bonds is 6. The van der Waals surface area contributed by atoms with Crippen molar-refractivity contribution in [3.63, 3.8) is 0 Å². The molecule has 0 saturated heterocycles. The molecule has 10 heteroatoms. The normalized spacial score (nSPS) is 10.3. The van der Waals surface area contributed by atoms with Gasteiger partial charge in [-0.05, 0) is 46.3 Å². The quantitative estimate of drug-likeness (QED) is 0.689. The van der Waals surface area contributed by atoms with E-state index in [0.29, 0.717) is 20.4 Å². The van der Waals surface area contributed by atoms with Crippen LogP contribution in [0, 0.1) is 0 Å². The van der Waals surface area contributed by atoms with Gasteiger partial charge in [0.25, 0.3) is 5.91 Å². The molecular formula is C16H14BrCl2N3O4. The van der Waals surface area contributed by atoms with E-state index in [1.807, 2.05) is 0 Å². The van der Waals surface area contributed by atoms with Crippen molar-refractivity contribution in [2.75, 3.05) is 25.5 Å². The van der Waals surface area contributed by atoms with Crippen molar-refractivity contribution >= 4 is 62.5 Å². The molecule has 0 unspecified atom stereocenters. The SMILES string of the molecule is CN(CC(=O)Nc1ccc(Cl)c(Cl)c1)C(=O)CNC(=O)c1ccc(Br)o1. The molecule has 138 valence electrons. The van der Waals surface area contributed by atoms with E-state index >= 15 is 0 Å². The van der Waals surface area contributed by atoms with Crippen LogP contribution >= 0.6 is 39.1 Å². The van der Waals surface area contributed by atoms with E-state index in [1.54, 1.807) is 18.2 Å².